The Bertz CT molecular complexity index is 895. The minimum Gasteiger partial charge on any atom is -0.478 e. The van der Waals surface area contributed by atoms with E-state index in [0.717, 1.165) is 17.5 Å². The van der Waals surface area contributed by atoms with E-state index in [0.29, 0.717) is 38.3 Å². The molecule has 1 saturated heterocycles. The van der Waals surface area contributed by atoms with Gasteiger partial charge < -0.3 is 20.2 Å². The molecule has 0 aromatic heterocycles. The SMILES string of the molecule is Cc1cccc(C(=O)N2CCCN(C(=O)NCc3ccc(C(=O)O)cc3)CC2)c1. The van der Waals surface area contributed by atoms with E-state index in [1.54, 1.807) is 21.9 Å². The number of nitrogens with zero attached hydrogens (tertiary/aromatic N) is 2. The minimum atomic E-state index is -0.977. The summed E-state index contributed by atoms with van der Waals surface area (Å²) in [5.74, 6) is -0.982. The van der Waals surface area contributed by atoms with Gasteiger partial charge in [0, 0.05) is 38.3 Å². The van der Waals surface area contributed by atoms with Crippen LogP contribution in [-0.2, 0) is 6.54 Å². The zero-order chi connectivity index (χ0) is 20.8. The Balaban J connectivity index is 1.52. The van der Waals surface area contributed by atoms with Crippen molar-refractivity contribution in [3.8, 4) is 0 Å². The predicted molar refractivity (Wildman–Crippen MR) is 109 cm³/mol. The third kappa shape index (κ3) is 5.34. The molecule has 0 unspecified atom stereocenters. The summed E-state index contributed by atoms with van der Waals surface area (Å²) in [5.41, 5.74) is 2.76. The number of carbonyl (C=O) groups excluding carboxylic acids is 2. The zero-order valence-corrected chi connectivity index (χ0v) is 16.4. The first-order valence-electron chi connectivity index (χ1n) is 9.65. The molecule has 0 spiro atoms. The molecule has 7 nitrogen and oxygen atoms in total. The molecule has 0 radical (unpaired) electrons. The van der Waals surface area contributed by atoms with E-state index in [4.69, 9.17) is 5.11 Å². The van der Waals surface area contributed by atoms with Gasteiger partial charge in [0.1, 0.15) is 0 Å². The van der Waals surface area contributed by atoms with E-state index < -0.39 is 5.97 Å². The topological polar surface area (TPSA) is 90.0 Å². The lowest BCUT2D eigenvalue weighted by Crippen LogP contribution is -2.42. The molecule has 2 aromatic rings. The number of aryl methyl sites for hydroxylation is 1. The van der Waals surface area contributed by atoms with Gasteiger partial charge in [0.05, 0.1) is 5.56 Å². The molecule has 0 saturated carbocycles. The maximum atomic E-state index is 12.7. The summed E-state index contributed by atoms with van der Waals surface area (Å²) in [4.78, 5) is 39.7. The molecule has 152 valence electrons. The molecule has 1 heterocycles. The molecule has 3 amide bonds. The van der Waals surface area contributed by atoms with Gasteiger partial charge in [-0.05, 0) is 43.2 Å². The smallest absolute Gasteiger partial charge is 0.335 e. The van der Waals surface area contributed by atoms with Crippen LogP contribution in [0.5, 0.6) is 0 Å². The van der Waals surface area contributed by atoms with Crippen LogP contribution in [0.3, 0.4) is 0 Å². The van der Waals surface area contributed by atoms with Gasteiger partial charge in [-0.2, -0.15) is 0 Å². The summed E-state index contributed by atoms with van der Waals surface area (Å²) in [5, 5.41) is 11.8. The number of carboxylic acids is 1. The van der Waals surface area contributed by atoms with E-state index in [1.165, 1.54) is 12.1 Å². The average Bonchev–Trinajstić information content (AvgIpc) is 2.98. The summed E-state index contributed by atoms with van der Waals surface area (Å²) in [6, 6.07) is 13.8. The van der Waals surface area contributed by atoms with Crippen LogP contribution in [0, 0.1) is 6.92 Å². The van der Waals surface area contributed by atoms with Crippen LogP contribution in [0.4, 0.5) is 4.79 Å². The molecular weight excluding hydrogens is 370 g/mol. The number of aromatic carboxylic acids is 1. The van der Waals surface area contributed by atoms with Crippen LogP contribution in [0.1, 0.15) is 38.3 Å². The van der Waals surface area contributed by atoms with E-state index in [9.17, 15) is 14.4 Å². The van der Waals surface area contributed by atoms with Gasteiger partial charge in [-0.3, -0.25) is 4.79 Å². The minimum absolute atomic E-state index is 0.00511. The van der Waals surface area contributed by atoms with Crippen LogP contribution < -0.4 is 5.32 Å². The number of benzene rings is 2. The summed E-state index contributed by atoms with van der Waals surface area (Å²) in [6.45, 7) is 4.45. The molecule has 7 heteroatoms. The van der Waals surface area contributed by atoms with E-state index in [-0.39, 0.29) is 17.5 Å². The Morgan fingerprint density at radius 2 is 1.62 bits per heavy atom. The number of nitrogens with one attached hydrogen (secondary N) is 1. The van der Waals surface area contributed by atoms with Gasteiger partial charge in [-0.15, -0.1) is 0 Å². The van der Waals surface area contributed by atoms with Crippen molar-refractivity contribution in [3.05, 3.63) is 70.8 Å². The number of hydrogen-bond donors (Lipinski definition) is 2. The van der Waals surface area contributed by atoms with Crippen molar-refractivity contribution in [1.82, 2.24) is 15.1 Å². The van der Waals surface area contributed by atoms with Gasteiger partial charge in [-0.25, -0.2) is 9.59 Å². The van der Waals surface area contributed by atoms with Crippen LogP contribution in [0.15, 0.2) is 48.5 Å². The molecule has 0 aliphatic carbocycles. The molecule has 1 aliphatic rings. The fourth-order valence-corrected chi connectivity index (χ4v) is 3.34. The first-order chi connectivity index (χ1) is 13.9. The normalized spacial score (nSPS) is 14.2. The second-order valence-electron chi connectivity index (χ2n) is 7.16. The molecule has 2 N–H and O–H groups in total. The molecule has 29 heavy (non-hydrogen) atoms. The lowest BCUT2D eigenvalue weighted by atomic mass is 10.1. The Morgan fingerprint density at radius 3 is 2.31 bits per heavy atom. The summed E-state index contributed by atoms with van der Waals surface area (Å²) in [6.07, 6.45) is 0.721. The third-order valence-corrected chi connectivity index (χ3v) is 4.98. The van der Waals surface area contributed by atoms with Gasteiger partial charge in [0.15, 0.2) is 0 Å². The highest BCUT2D eigenvalue weighted by molar-refractivity contribution is 5.94. The number of hydrogen-bond acceptors (Lipinski definition) is 3. The molecule has 2 aromatic carbocycles. The van der Waals surface area contributed by atoms with Crippen molar-refractivity contribution in [2.45, 2.75) is 19.9 Å². The Morgan fingerprint density at radius 1 is 0.931 bits per heavy atom. The lowest BCUT2D eigenvalue weighted by molar-refractivity contribution is 0.0695. The van der Waals surface area contributed by atoms with Crippen molar-refractivity contribution >= 4 is 17.9 Å². The highest BCUT2D eigenvalue weighted by atomic mass is 16.4. The van der Waals surface area contributed by atoms with Crippen LogP contribution in [0.25, 0.3) is 0 Å². The van der Waals surface area contributed by atoms with Crippen LogP contribution >= 0.6 is 0 Å². The molecule has 0 bridgehead atoms. The van der Waals surface area contributed by atoms with Crippen molar-refractivity contribution < 1.29 is 19.5 Å². The highest BCUT2D eigenvalue weighted by Gasteiger charge is 2.22. The first kappa shape index (κ1) is 20.4. The monoisotopic (exact) mass is 395 g/mol. The quantitative estimate of drug-likeness (QED) is 0.833. The molecular formula is C22H25N3O4. The largest absolute Gasteiger partial charge is 0.478 e. The lowest BCUT2D eigenvalue weighted by Gasteiger charge is -2.22. The van der Waals surface area contributed by atoms with E-state index in [2.05, 4.69) is 5.32 Å². The van der Waals surface area contributed by atoms with E-state index in [1.807, 2.05) is 31.2 Å². The fraction of sp³-hybridized carbons (Fsp3) is 0.318. The second-order valence-corrected chi connectivity index (χ2v) is 7.16. The third-order valence-electron chi connectivity index (χ3n) is 4.98. The highest BCUT2D eigenvalue weighted by Crippen LogP contribution is 2.11. The van der Waals surface area contributed by atoms with Gasteiger partial charge in [0.25, 0.3) is 5.91 Å². The van der Waals surface area contributed by atoms with Crippen LogP contribution in [-0.4, -0.2) is 59.0 Å². The van der Waals surface area contributed by atoms with Gasteiger partial charge in [-0.1, -0.05) is 29.8 Å². The Labute approximate surface area is 169 Å². The molecule has 1 aliphatic heterocycles. The molecule has 0 atom stereocenters. The number of carbonyl (C=O) groups is 3. The zero-order valence-electron chi connectivity index (χ0n) is 16.4. The fourth-order valence-electron chi connectivity index (χ4n) is 3.34. The maximum Gasteiger partial charge on any atom is 0.335 e. The molecule has 1 fully saturated rings. The number of rotatable bonds is 4. The van der Waals surface area contributed by atoms with Crippen LogP contribution in [0.2, 0.25) is 0 Å². The first-order valence-corrected chi connectivity index (χ1v) is 9.65. The number of carboxylic acid groups (broad SMARTS) is 1. The van der Waals surface area contributed by atoms with Crippen molar-refractivity contribution in [1.29, 1.82) is 0 Å². The number of amides is 3. The van der Waals surface area contributed by atoms with Crippen molar-refractivity contribution in [2.75, 3.05) is 26.2 Å². The summed E-state index contributed by atoms with van der Waals surface area (Å²) in [7, 11) is 0. The maximum absolute atomic E-state index is 12.7. The van der Waals surface area contributed by atoms with Crippen molar-refractivity contribution in [2.24, 2.45) is 0 Å². The second kappa shape index (κ2) is 9.23. The summed E-state index contributed by atoms with van der Waals surface area (Å²) < 4.78 is 0. The predicted octanol–water partition coefficient (Wildman–Crippen LogP) is 2.75. The Kier molecular flexibility index (Phi) is 6.49. The Hall–Kier alpha value is -3.35. The van der Waals surface area contributed by atoms with Crippen molar-refractivity contribution in [3.63, 3.8) is 0 Å². The standard InChI is InChI=1S/C22H25N3O4/c1-16-4-2-5-19(14-16)20(26)24-10-3-11-25(13-12-24)22(29)23-15-17-6-8-18(9-7-17)21(27)28/h2,4-9,14H,3,10-13,15H2,1H3,(H,23,29)(H,27,28). The van der Waals surface area contributed by atoms with Gasteiger partial charge in [0.2, 0.25) is 0 Å². The number of urea groups is 1. The van der Waals surface area contributed by atoms with Gasteiger partial charge >= 0.3 is 12.0 Å². The molecule has 3 rings (SSSR count). The average molecular weight is 395 g/mol. The summed E-state index contributed by atoms with van der Waals surface area (Å²) >= 11 is 0. The van der Waals surface area contributed by atoms with E-state index >= 15 is 0 Å².